The molecule has 4 N–H and O–H groups in total. The third-order valence-corrected chi connectivity index (χ3v) is 2.72. The maximum atomic E-state index is 5.80. The summed E-state index contributed by atoms with van der Waals surface area (Å²) in [5.41, 5.74) is 13.5. The molecule has 0 unspecified atom stereocenters. The number of aromatic nitrogens is 4. The molecule has 0 aromatic carbocycles. The summed E-state index contributed by atoms with van der Waals surface area (Å²) >= 11 is 0. The van der Waals surface area contributed by atoms with E-state index >= 15 is 0 Å². The quantitative estimate of drug-likeness (QED) is 0.725. The Morgan fingerprint density at radius 2 is 2.26 bits per heavy atom. The third kappa shape index (κ3) is 2.04. The van der Waals surface area contributed by atoms with Crippen LogP contribution >= 0.6 is 0 Å². The van der Waals surface area contributed by atoms with Crippen LogP contribution in [-0.2, 0) is 6.54 Å². The molecule has 0 radical (unpaired) electrons. The molecule has 3 aromatic heterocycles. The van der Waals surface area contributed by atoms with E-state index in [2.05, 4.69) is 15.0 Å². The largest absolute Gasteiger partial charge is 0.463 e. The van der Waals surface area contributed by atoms with Gasteiger partial charge < -0.3 is 20.5 Å². The molecule has 1 atom stereocenters. The van der Waals surface area contributed by atoms with Gasteiger partial charge in [0.15, 0.2) is 11.4 Å². The molecule has 0 aliphatic rings. The summed E-state index contributed by atoms with van der Waals surface area (Å²) in [5.74, 6) is 0.801. The molecule has 0 spiro atoms. The Hall–Kier alpha value is -2.41. The monoisotopic (exact) mass is 258 g/mol. The fourth-order valence-corrected chi connectivity index (χ4v) is 1.99. The fourth-order valence-electron chi connectivity index (χ4n) is 1.99. The molecule has 3 rings (SSSR count). The van der Waals surface area contributed by atoms with Gasteiger partial charge in [0, 0.05) is 12.6 Å². The van der Waals surface area contributed by atoms with Crippen LogP contribution in [0.4, 0.5) is 5.95 Å². The lowest BCUT2D eigenvalue weighted by Crippen LogP contribution is -2.21. The highest BCUT2D eigenvalue weighted by Crippen LogP contribution is 2.25. The molecule has 19 heavy (non-hydrogen) atoms. The molecule has 0 saturated carbocycles. The number of nitrogens with two attached hydrogens (primary N) is 2. The van der Waals surface area contributed by atoms with Crippen molar-refractivity contribution in [3.63, 3.8) is 0 Å². The second kappa shape index (κ2) is 4.36. The predicted molar refractivity (Wildman–Crippen MR) is 71.1 cm³/mol. The maximum absolute atomic E-state index is 5.80. The molecule has 0 fully saturated rings. The van der Waals surface area contributed by atoms with Gasteiger partial charge in [-0.2, -0.15) is 4.98 Å². The van der Waals surface area contributed by atoms with Crippen LogP contribution in [0.1, 0.15) is 6.92 Å². The minimum Gasteiger partial charge on any atom is -0.463 e. The van der Waals surface area contributed by atoms with Crippen LogP contribution in [0, 0.1) is 0 Å². The highest BCUT2D eigenvalue weighted by Gasteiger charge is 2.15. The van der Waals surface area contributed by atoms with Gasteiger partial charge in [-0.3, -0.25) is 0 Å². The SMILES string of the molecule is C[C@H](N)Cn1cnc2c(-c3ccco3)nc(N)nc21. The van der Waals surface area contributed by atoms with E-state index < -0.39 is 0 Å². The van der Waals surface area contributed by atoms with Crippen molar-refractivity contribution >= 4 is 17.1 Å². The van der Waals surface area contributed by atoms with Crippen molar-refractivity contribution in [2.75, 3.05) is 5.73 Å². The van der Waals surface area contributed by atoms with Gasteiger partial charge in [-0.25, -0.2) is 9.97 Å². The van der Waals surface area contributed by atoms with Crippen LogP contribution in [0.15, 0.2) is 29.1 Å². The molecule has 0 aliphatic carbocycles. The van der Waals surface area contributed by atoms with Crippen molar-refractivity contribution < 1.29 is 4.42 Å². The summed E-state index contributed by atoms with van der Waals surface area (Å²) in [6, 6.07) is 3.60. The van der Waals surface area contributed by atoms with E-state index in [1.807, 2.05) is 17.6 Å². The number of furan rings is 1. The van der Waals surface area contributed by atoms with Crippen LogP contribution in [0.25, 0.3) is 22.6 Å². The Kier molecular flexibility index (Phi) is 2.68. The fraction of sp³-hybridized carbons (Fsp3) is 0.250. The number of anilines is 1. The van der Waals surface area contributed by atoms with Crippen LogP contribution in [0.2, 0.25) is 0 Å². The normalized spacial score (nSPS) is 12.9. The molecule has 0 amide bonds. The number of fused-ring (bicyclic) bond motifs is 1. The van der Waals surface area contributed by atoms with Gasteiger partial charge in [0.25, 0.3) is 0 Å². The van der Waals surface area contributed by atoms with Crippen LogP contribution in [0.5, 0.6) is 0 Å². The number of hydrogen-bond acceptors (Lipinski definition) is 6. The first-order valence-electron chi connectivity index (χ1n) is 5.93. The lowest BCUT2D eigenvalue weighted by Gasteiger charge is -2.07. The predicted octanol–water partition coefficient (Wildman–Crippen LogP) is 1.02. The van der Waals surface area contributed by atoms with Gasteiger partial charge in [0.1, 0.15) is 11.2 Å². The molecule has 3 aromatic rings. The van der Waals surface area contributed by atoms with E-state index in [0.717, 1.165) is 0 Å². The summed E-state index contributed by atoms with van der Waals surface area (Å²) in [5, 5.41) is 0. The highest BCUT2D eigenvalue weighted by atomic mass is 16.3. The molecule has 0 bridgehead atoms. The van der Waals surface area contributed by atoms with Gasteiger partial charge in [0.05, 0.1) is 12.6 Å². The zero-order valence-corrected chi connectivity index (χ0v) is 10.4. The van der Waals surface area contributed by atoms with E-state index in [9.17, 15) is 0 Å². The van der Waals surface area contributed by atoms with Crippen molar-refractivity contribution in [2.45, 2.75) is 19.5 Å². The Labute approximate surface area is 109 Å². The lowest BCUT2D eigenvalue weighted by molar-refractivity contribution is 0.580. The van der Waals surface area contributed by atoms with Crippen molar-refractivity contribution in [3.8, 4) is 11.5 Å². The van der Waals surface area contributed by atoms with E-state index in [4.69, 9.17) is 15.9 Å². The van der Waals surface area contributed by atoms with Crippen LogP contribution < -0.4 is 11.5 Å². The van der Waals surface area contributed by atoms with Crippen molar-refractivity contribution in [3.05, 3.63) is 24.7 Å². The first-order chi connectivity index (χ1) is 9.15. The average molecular weight is 258 g/mol. The van der Waals surface area contributed by atoms with E-state index in [-0.39, 0.29) is 12.0 Å². The molecular weight excluding hydrogens is 244 g/mol. The lowest BCUT2D eigenvalue weighted by atomic mass is 10.3. The second-order valence-corrected chi connectivity index (χ2v) is 4.45. The number of nitrogens with zero attached hydrogens (tertiary/aromatic N) is 4. The Balaban J connectivity index is 2.21. The molecular formula is C12H14N6O. The summed E-state index contributed by atoms with van der Waals surface area (Å²) < 4.78 is 7.22. The summed E-state index contributed by atoms with van der Waals surface area (Å²) in [7, 11) is 0. The molecule has 98 valence electrons. The van der Waals surface area contributed by atoms with E-state index in [0.29, 0.717) is 29.2 Å². The van der Waals surface area contributed by atoms with Crippen LogP contribution in [-0.4, -0.2) is 25.6 Å². The van der Waals surface area contributed by atoms with Crippen molar-refractivity contribution in [1.29, 1.82) is 0 Å². The zero-order valence-electron chi connectivity index (χ0n) is 10.4. The second-order valence-electron chi connectivity index (χ2n) is 4.45. The average Bonchev–Trinajstić information content (AvgIpc) is 2.98. The highest BCUT2D eigenvalue weighted by molar-refractivity contribution is 5.86. The smallest absolute Gasteiger partial charge is 0.222 e. The number of imidazole rings is 1. The van der Waals surface area contributed by atoms with Gasteiger partial charge in [-0.15, -0.1) is 0 Å². The first-order valence-corrected chi connectivity index (χ1v) is 5.93. The van der Waals surface area contributed by atoms with Gasteiger partial charge in [0.2, 0.25) is 5.95 Å². The zero-order chi connectivity index (χ0) is 13.4. The Morgan fingerprint density at radius 1 is 1.42 bits per heavy atom. The molecule has 0 saturated heterocycles. The van der Waals surface area contributed by atoms with Gasteiger partial charge >= 0.3 is 0 Å². The number of nitrogen functional groups attached to an aromatic ring is 1. The molecule has 7 heteroatoms. The van der Waals surface area contributed by atoms with Crippen LogP contribution in [0.3, 0.4) is 0 Å². The Morgan fingerprint density at radius 3 is 2.95 bits per heavy atom. The van der Waals surface area contributed by atoms with E-state index in [1.165, 1.54) is 0 Å². The maximum Gasteiger partial charge on any atom is 0.222 e. The number of rotatable bonds is 3. The molecule has 0 aliphatic heterocycles. The number of hydrogen-bond donors (Lipinski definition) is 2. The van der Waals surface area contributed by atoms with Gasteiger partial charge in [-0.1, -0.05) is 0 Å². The van der Waals surface area contributed by atoms with Crippen molar-refractivity contribution in [1.82, 2.24) is 19.5 Å². The minimum absolute atomic E-state index is 0.000604. The summed E-state index contributed by atoms with van der Waals surface area (Å²) in [6.45, 7) is 2.54. The summed E-state index contributed by atoms with van der Waals surface area (Å²) in [6.07, 6.45) is 3.27. The topological polar surface area (TPSA) is 109 Å². The summed E-state index contributed by atoms with van der Waals surface area (Å²) in [4.78, 5) is 12.8. The Bertz CT molecular complexity index is 700. The molecule has 3 heterocycles. The third-order valence-electron chi connectivity index (χ3n) is 2.72. The standard InChI is InChI=1S/C12H14N6O/c1-7(13)5-18-6-15-10-9(8-3-2-4-19-8)16-12(14)17-11(10)18/h2-4,6-7H,5,13H2,1H3,(H2,14,16,17)/t7-/m0/s1. The van der Waals surface area contributed by atoms with Gasteiger partial charge in [-0.05, 0) is 19.1 Å². The minimum atomic E-state index is 0.000604. The van der Waals surface area contributed by atoms with Crippen molar-refractivity contribution in [2.24, 2.45) is 5.73 Å². The first kappa shape index (κ1) is 11.7. The molecule has 7 nitrogen and oxygen atoms in total. The van der Waals surface area contributed by atoms with E-state index in [1.54, 1.807) is 18.7 Å².